The third-order valence-electron chi connectivity index (χ3n) is 2.47. The summed E-state index contributed by atoms with van der Waals surface area (Å²) < 4.78 is 1.03. The predicted molar refractivity (Wildman–Crippen MR) is 69.1 cm³/mol. The number of anilines is 1. The Labute approximate surface area is 102 Å². The van der Waals surface area contributed by atoms with Crippen LogP contribution in [0.25, 0.3) is 0 Å². The average Bonchev–Trinajstić information content (AvgIpc) is 2.30. The van der Waals surface area contributed by atoms with E-state index in [2.05, 4.69) is 20.8 Å². The monoisotopic (exact) mass is 285 g/mol. The number of carbonyl (C=O) groups is 1. The molecule has 0 aliphatic carbocycles. The van der Waals surface area contributed by atoms with Gasteiger partial charge in [-0.3, -0.25) is 4.79 Å². The second-order valence-electron chi connectivity index (χ2n) is 3.42. The third-order valence-corrected chi connectivity index (χ3v) is 3.91. The lowest BCUT2D eigenvalue weighted by Crippen LogP contribution is -2.33. The Bertz CT molecular complexity index is 364. The van der Waals surface area contributed by atoms with Crippen LogP contribution in [0.4, 0.5) is 5.69 Å². The number of hydrogen-bond acceptors (Lipinski definition) is 3. The molecule has 1 saturated heterocycles. The number of carbonyl (C=O) groups excluding carboxylic acids is 1. The van der Waals surface area contributed by atoms with Gasteiger partial charge < -0.3 is 4.90 Å². The van der Waals surface area contributed by atoms with Crippen molar-refractivity contribution in [3.63, 3.8) is 0 Å². The van der Waals surface area contributed by atoms with Gasteiger partial charge >= 0.3 is 0 Å². The first-order chi connectivity index (χ1) is 7.31. The van der Waals surface area contributed by atoms with Crippen LogP contribution in [0.5, 0.6) is 0 Å². The van der Waals surface area contributed by atoms with E-state index in [1.807, 2.05) is 30.0 Å². The molecule has 0 amide bonds. The zero-order valence-electron chi connectivity index (χ0n) is 8.28. The molecule has 0 spiro atoms. The van der Waals surface area contributed by atoms with Crippen molar-refractivity contribution in [1.82, 2.24) is 0 Å². The number of nitrogens with zero attached hydrogens (tertiary/aromatic N) is 1. The smallest absolute Gasteiger partial charge is 0.152 e. The van der Waals surface area contributed by atoms with Crippen molar-refractivity contribution in [2.45, 2.75) is 0 Å². The van der Waals surface area contributed by atoms with Crippen LogP contribution >= 0.6 is 27.7 Å². The van der Waals surface area contributed by atoms with Gasteiger partial charge in [-0.25, -0.2) is 0 Å². The highest BCUT2D eigenvalue weighted by atomic mass is 79.9. The molecule has 1 heterocycles. The zero-order chi connectivity index (χ0) is 10.7. The Morgan fingerprint density at radius 1 is 1.33 bits per heavy atom. The summed E-state index contributed by atoms with van der Waals surface area (Å²) in [5.41, 5.74) is 1.84. The van der Waals surface area contributed by atoms with Crippen LogP contribution in [-0.2, 0) is 0 Å². The second kappa shape index (κ2) is 5.03. The highest BCUT2D eigenvalue weighted by Gasteiger charge is 2.14. The summed E-state index contributed by atoms with van der Waals surface area (Å²) in [7, 11) is 0. The largest absolute Gasteiger partial charge is 0.369 e. The first-order valence-electron chi connectivity index (χ1n) is 4.88. The van der Waals surface area contributed by atoms with E-state index in [1.165, 1.54) is 0 Å². The van der Waals surface area contributed by atoms with Crippen LogP contribution in [0, 0.1) is 0 Å². The van der Waals surface area contributed by atoms with Gasteiger partial charge in [-0.2, -0.15) is 11.8 Å². The lowest BCUT2D eigenvalue weighted by atomic mass is 10.1. The van der Waals surface area contributed by atoms with Crippen molar-refractivity contribution in [3.05, 3.63) is 28.2 Å². The molecule has 4 heteroatoms. The minimum absolute atomic E-state index is 0.783. The van der Waals surface area contributed by atoms with Crippen molar-refractivity contribution in [2.75, 3.05) is 29.5 Å². The van der Waals surface area contributed by atoms with Crippen LogP contribution in [-0.4, -0.2) is 30.9 Å². The Kier molecular flexibility index (Phi) is 3.70. The van der Waals surface area contributed by atoms with Crippen molar-refractivity contribution < 1.29 is 4.79 Å². The van der Waals surface area contributed by atoms with Crippen molar-refractivity contribution in [3.8, 4) is 0 Å². The molecule has 0 radical (unpaired) electrons. The standard InChI is InChI=1S/C11H12BrNOS/c12-10-2-1-9(8-14)11(7-10)13-3-5-15-6-4-13/h1-2,7-8H,3-6H2. The highest BCUT2D eigenvalue weighted by Crippen LogP contribution is 2.26. The molecule has 15 heavy (non-hydrogen) atoms. The maximum absolute atomic E-state index is 10.9. The summed E-state index contributed by atoms with van der Waals surface area (Å²) in [6.45, 7) is 2.06. The first kappa shape index (κ1) is 11.0. The molecule has 1 aromatic carbocycles. The molecular weight excluding hydrogens is 274 g/mol. The fraction of sp³-hybridized carbons (Fsp3) is 0.364. The maximum atomic E-state index is 10.9. The summed E-state index contributed by atoms with van der Waals surface area (Å²) in [5, 5.41) is 0. The van der Waals surface area contributed by atoms with E-state index in [0.29, 0.717) is 0 Å². The Morgan fingerprint density at radius 2 is 2.07 bits per heavy atom. The number of benzene rings is 1. The molecule has 0 saturated carbocycles. The second-order valence-corrected chi connectivity index (χ2v) is 5.56. The number of aldehydes is 1. The van der Waals surface area contributed by atoms with Crippen molar-refractivity contribution in [1.29, 1.82) is 0 Å². The molecular formula is C11H12BrNOS. The molecule has 0 bridgehead atoms. The first-order valence-corrected chi connectivity index (χ1v) is 6.83. The van der Waals surface area contributed by atoms with Gasteiger partial charge in [-0.15, -0.1) is 0 Å². The molecule has 0 N–H and O–H groups in total. The van der Waals surface area contributed by atoms with Gasteiger partial charge in [0.1, 0.15) is 0 Å². The van der Waals surface area contributed by atoms with Gasteiger partial charge in [0.15, 0.2) is 6.29 Å². The molecule has 1 fully saturated rings. The molecule has 0 aromatic heterocycles. The Morgan fingerprint density at radius 3 is 2.73 bits per heavy atom. The molecule has 1 aromatic rings. The van der Waals surface area contributed by atoms with Gasteiger partial charge in [-0.05, 0) is 18.2 Å². The molecule has 80 valence electrons. The Hall–Kier alpha value is -0.480. The molecule has 0 atom stereocenters. The third kappa shape index (κ3) is 2.55. The average molecular weight is 286 g/mol. The van der Waals surface area contributed by atoms with E-state index in [0.717, 1.165) is 46.6 Å². The fourth-order valence-corrected chi connectivity index (χ4v) is 2.95. The molecule has 1 aliphatic heterocycles. The van der Waals surface area contributed by atoms with Crippen LogP contribution in [0.3, 0.4) is 0 Å². The lowest BCUT2D eigenvalue weighted by molar-refractivity contribution is 0.112. The van der Waals surface area contributed by atoms with Crippen molar-refractivity contribution >= 4 is 39.7 Å². The normalized spacial score (nSPS) is 16.5. The van der Waals surface area contributed by atoms with Gasteiger partial charge in [-0.1, -0.05) is 15.9 Å². The minimum Gasteiger partial charge on any atom is -0.369 e. The van der Waals surface area contributed by atoms with Crippen LogP contribution in [0.1, 0.15) is 10.4 Å². The lowest BCUT2D eigenvalue weighted by Gasteiger charge is -2.29. The number of halogens is 1. The summed E-state index contributed by atoms with van der Waals surface area (Å²) in [4.78, 5) is 13.2. The minimum atomic E-state index is 0.783. The van der Waals surface area contributed by atoms with Crippen molar-refractivity contribution in [2.24, 2.45) is 0 Å². The zero-order valence-corrected chi connectivity index (χ0v) is 10.7. The van der Waals surface area contributed by atoms with Crippen LogP contribution in [0.15, 0.2) is 22.7 Å². The highest BCUT2D eigenvalue weighted by molar-refractivity contribution is 9.10. The quantitative estimate of drug-likeness (QED) is 0.780. The van der Waals surface area contributed by atoms with Crippen LogP contribution < -0.4 is 4.90 Å². The predicted octanol–water partition coefficient (Wildman–Crippen LogP) is 2.81. The van der Waals surface area contributed by atoms with E-state index in [4.69, 9.17) is 0 Å². The Balaban J connectivity index is 2.31. The van der Waals surface area contributed by atoms with Gasteiger partial charge in [0, 0.05) is 40.3 Å². The summed E-state index contributed by atoms with van der Waals surface area (Å²) in [5.74, 6) is 2.29. The summed E-state index contributed by atoms with van der Waals surface area (Å²) >= 11 is 5.41. The summed E-state index contributed by atoms with van der Waals surface area (Å²) in [6.07, 6.45) is 0.934. The molecule has 0 unspecified atom stereocenters. The number of hydrogen-bond donors (Lipinski definition) is 0. The van der Waals surface area contributed by atoms with E-state index >= 15 is 0 Å². The molecule has 2 nitrogen and oxygen atoms in total. The molecule has 2 rings (SSSR count). The number of rotatable bonds is 2. The topological polar surface area (TPSA) is 20.3 Å². The van der Waals surface area contributed by atoms with Crippen LogP contribution in [0.2, 0.25) is 0 Å². The van der Waals surface area contributed by atoms with Gasteiger partial charge in [0.05, 0.1) is 0 Å². The van der Waals surface area contributed by atoms with E-state index in [1.54, 1.807) is 0 Å². The number of thioether (sulfide) groups is 1. The van der Waals surface area contributed by atoms with E-state index in [-0.39, 0.29) is 0 Å². The van der Waals surface area contributed by atoms with E-state index < -0.39 is 0 Å². The van der Waals surface area contributed by atoms with E-state index in [9.17, 15) is 4.79 Å². The fourth-order valence-electron chi connectivity index (χ4n) is 1.69. The van der Waals surface area contributed by atoms with Gasteiger partial charge in [0.25, 0.3) is 0 Å². The SMILES string of the molecule is O=Cc1ccc(Br)cc1N1CCSCC1. The van der Waals surface area contributed by atoms with Gasteiger partial charge in [0.2, 0.25) is 0 Å². The molecule has 1 aliphatic rings. The summed E-state index contributed by atoms with van der Waals surface area (Å²) in [6, 6.07) is 5.81. The maximum Gasteiger partial charge on any atom is 0.152 e.